The molecule has 2 N–H and O–H groups in total. The van der Waals surface area contributed by atoms with Gasteiger partial charge in [-0.3, -0.25) is 9.59 Å². The molecule has 0 atom stereocenters. The zero-order valence-electron chi connectivity index (χ0n) is 21.4. The number of methoxy groups -OCH3 is 3. The number of rotatable bonds is 12. The van der Waals surface area contributed by atoms with Gasteiger partial charge in [0, 0.05) is 18.5 Å². The fourth-order valence-electron chi connectivity index (χ4n) is 3.35. The molecular weight excluding hydrogens is 490 g/mol. The monoisotopic (exact) mass is 519 g/mol. The fourth-order valence-corrected chi connectivity index (χ4v) is 3.35. The maximum atomic E-state index is 12.6. The van der Waals surface area contributed by atoms with Gasteiger partial charge in [0.1, 0.15) is 0 Å². The van der Waals surface area contributed by atoms with Crippen molar-refractivity contribution < 1.29 is 33.3 Å². The molecule has 10 heteroatoms. The quantitative estimate of drug-likeness (QED) is 0.123. The second kappa shape index (κ2) is 14.0. The van der Waals surface area contributed by atoms with Gasteiger partial charge in [0.2, 0.25) is 5.91 Å². The summed E-state index contributed by atoms with van der Waals surface area (Å²) in [6.45, 7) is 0.367. The summed E-state index contributed by atoms with van der Waals surface area (Å²) in [5, 5.41) is 6.72. The highest BCUT2D eigenvalue weighted by Crippen LogP contribution is 2.31. The van der Waals surface area contributed by atoms with Crippen molar-refractivity contribution in [1.29, 1.82) is 0 Å². The minimum Gasteiger partial charge on any atom is -0.493 e. The molecule has 0 bridgehead atoms. The van der Waals surface area contributed by atoms with E-state index in [1.54, 1.807) is 54.6 Å². The number of esters is 1. The summed E-state index contributed by atoms with van der Waals surface area (Å²) >= 11 is 0. The molecule has 0 aliphatic carbocycles. The summed E-state index contributed by atoms with van der Waals surface area (Å²) in [4.78, 5) is 36.7. The van der Waals surface area contributed by atoms with Gasteiger partial charge in [-0.2, -0.15) is 5.10 Å². The fraction of sp³-hybridized carbons (Fsp3) is 0.214. The van der Waals surface area contributed by atoms with Gasteiger partial charge in [-0.25, -0.2) is 10.2 Å². The molecule has 38 heavy (non-hydrogen) atoms. The lowest BCUT2D eigenvalue weighted by molar-refractivity contribution is -0.121. The molecule has 10 nitrogen and oxygen atoms in total. The van der Waals surface area contributed by atoms with Crippen molar-refractivity contribution >= 4 is 24.0 Å². The number of nitrogens with one attached hydrogen (secondary N) is 2. The maximum absolute atomic E-state index is 12.6. The Balaban J connectivity index is 1.49. The number of nitrogens with zero attached hydrogens (tertiary/aromatic N) is 1. The maximum Gasteiger partial charge on any atom is 0.343 e. The lowest BCUT2D eigenvalue weighted by atomic mass is 10.2. The Morgan fingerprint density at radius 1 is 0.789 bits per heavy atom. The normalized spacial score (nSPS) is 10.5. The molecule has 198 valence electrons. The van der Waals surface area contributed by atoms with E-state index in [-0.39, 0.29) is 29.5 Å². The summed E-state index contributed by atoms with van der Waals surface area (Å²) in [5.74, 6) is 0.345. The first-order valence-corrected chi connectivity index (χ1v) is 11.7. The van der Waals surface area contributed by atoms with Crippen molar-refractivity contribution in [3.05, 3.63) is 83.4 Å². The van der Waals surface area contributed by atoms with Crippen molar-refractivity contribution in [3.63, 3.8) is 0 Å². The largest absolute Gasteiger partial charge is 0.493 e. The number of hydrogen-bond donors (Lipinski definition) is 2. The molecule has 0 spiro atoms. The van der Waals surface area contributed by atoms with Crippen LogP contribution in [0.15, 0.2) is 71.8 Å². The van der Waals surface area contributed by atoms with Crippen LogP contribution in [-0.2, 0) is 4.79 Å². The first-order valence-electron chi connectivity index (χ1n) is 11.7. The molecule has 0 heterocycles. The van der Waals surface area contributed by atoms with Crippen LogP contribution in [0.1, 0.15) is 39.1 Å². The molecule has 3 aromatic rings. The molecule has 3 rings (SSSR count). The van der Waals surface area contributed by atoms with E-state index in [0.29, 0.717) is 41.3 Å². The zero-order chi connectivity index (χ0) is 27.3. The van der Waals surface area contributed by atoms with Crippen LogP contribution in [0.4, 0.5) is 0 Å². The molecule has 0 fully saturated rings. The van der Waals surface area contributed by atoms with Crippen molar-refractivity contribution in [2.24, 2.45) is 5.10 Å². The van der Waals surface area contributed by atoms with E-state index in [1.807, 2.05) is 6.07 Å². The molecule has 0 saturated heterocycles. The van der Waals surface area contributed by atoms with Crippen LogP contribution in [0.25, 0.3) is 0 Å². The molecule has 3 aromatic carbocycles. The highest BCUT2D eigenvalue weighted by atomic mass is 16.6. The number of carbonyl (C=O) groups excluding carboxylic acids is 3. The predicted octanol–water partition coefficient (Wildman–Crippen LogP) is 3.59. The van der Waals surface area contributed by atoms with Gasteiger partial charge in [0.05, 0.1) is 33.1 Å². The van der Waals surface area contributed by atoms with Crippen molar-refractivity contribution in [1.82, 2.24) is 10.7 Å². The average Bonchev–Trinajstić information content (AvgIpc) is 2.95. The van der Waals surface area contributed by atoms with E-state index >= 15 is 0 Å². The lowest BCUT2D eigenvalue weighted by Gasteiger charge is -2.11. The Morgan fingerprint density at radius 3 is 2.18 bits per heavy atom. The van der Waals surface area contributed by atoms with Crippen molar-refractivity contribution in [2.45, 2.75) is 12.8 Å². The number of ether oxygens (including phenoxy) is 4. The molecule has 2 amide bonds. The van der Waals surface area contributed by atoms with Gasteiger partial charge in [0.25, 0.3) is 5.91 Å². The number of amides is 2. The Hall–Kier alpha value is -4.86. The van der Waals surface area contributed by atoms with Gasteiger partial charge in [-0.1, -0.05) is 18.2 Å². The van der Waals surface area contributed by atoms with E-state index in [0.717, 1.165) is 0 Å². The first-order chi connectivity index (χ1) is 18.4. The van der Waals surface area contributed by atoms with Crippen LogP contribution in [0.5, 0.6) is 23.0 Å². The van der Waals surface area contributed by atoms with E-state index in [4.69, 9.17) is 18.9 Å². The van der Waals surface area contributed by atoms with Crippen LogP contribution >= 0.6 is 0 Å². The van der Waals surface area contributed by atoms with Crippen LogP contribution < -0.4 is 29.7 Å². The van der Waals surface area contributed by atoms with Gasteiger partial charge in [-0.15, -0.1) is 0 Å². The van der Waals surface area contributed by atoms with Gasteiger partial charge < -0.3 is 24.3 Å². The number of carbonyl (C=O) groups is 3. The van der Waals surface area contributed by atoms with Crippen LogP contribution in [-0.4, -0.2) is 51.9 Å². The van der Waals surface area contributed by atoms with Gasteiger partial charge in [-0.05, 0) is 60.5 Å². The molecule has 0 radical (unpaired) electrons. The Bertz CT molecular complexity index is 1290. The minimum atomic E-state index is -0.599. The molecule has 0 unspecified atom stereocenters. The number of hydrazone groups is 1. The van der Waals surface area contributed by atoms with E-state index in [1.165, 1.54) is 33.6 Å². The third kappa shape index (κ3) is 7.82. The standard InChI is InChI=1S/C28H29N3O7/c1-35-22-14-12-21(17-25(22)37-3)28(34)38-23-13-11-19(16-24(23)36-2)18-30-31-26(32)10-7-15-29-27(33)20-8-5-4-6-9-20/h4-6,8-9,11-14,16-18H,7,10,15H2,1-3H3,(H,29,33)(H,31,32)/b30-18+. The molecule has 0 aliphatic rings. The van der Waals surface area contributed by atoms with Gasteiger partial charge >= 0.3 is 5.97 Å². The smallest absolute Gasteiger partial charge is 0.343 e. The minimum absolute atomic E-state index is 0.184. The lowest BCUT2D eigenvalue weighted by Crippen LogP contribution is -2.26. The summed E-state index contributed by atoms with van der Waals surface area (Å²) < 4.78 is 21.2. The Kier molecular flexibility index (Phi) is 10.2. The highest BCUT2D eigenvalue weighted by molar-refractivity contribution is 5.94. The summed E-state index contributed by atoms with van der Waals surface area (Å²) in [6.07, 6.45) is 2.10. The van der Waals surface area contributed by atoms with E-state index < -0.39 is 5.97 Å². The highest BCUT2D eigenvalue weighted by Gasteiger charge is 2.15. The molecular formula is C28H29N3O7. The SMILES string of the molecule is COc1ccc(C(=O)Oc2ccc(/C=N/NC(=O)CCCNC(=O)c3ccccc3)cc2OC)cc1OC. The van der Waals surface area contributed by atoms with Crippen molar-refractivity contribution in [2.75, 3.05) is 27.9 Å². The zero-order valence-corrected chi connectivity index (χ0v) is 21.4. The topological polar surface area (TPSA) is 125 Å². The molecule has 0 aromatic heterocycles. The second-order valence-electron chi connectivity index (χ2n) is 7.89. The third-order valence-electron chi connectivity index (χ3n) is 5.31. The van der Waals surface area contributed by atoms with Crippen LogP contribution in [0, 0.1) is 0 Å². The predicted molar refractivity (Wildman–Crippen MR) is 141 cm³/mol. The van der Waals surface area contributed by atoms with Gasteiger partial charge in [0.15, 0.2) is 23.0 Å². The van der Waals surface area contributed by atoms with Crippen LogP contribution in [0.2, 0.25) is 0 Å². The molecule has 0 aliphatic heterocycles. The molecule has 0 saturated carbocycles. The summed E-state index contributed by atoms with van der Waals surface area (Å²) in [5.41, 5.74) is 3.90. The van der Waals surface area contributed by atoms with Crippen molar-refractivity contribution in [3.8, 4) is 23.0 Å². The Morgan fingerprint density at radius 2 is 1.47 bits per heavy atom. The van der Waals surface area contributed by atoms with Crippen LogP contribution in [0.3, 0.4) is 0 Å². The Labute approximate surface area is 220 Å². The summed E-state index contributed by atoms with van der Waals surface area (Å²) in [7, 11) is 4.43. The number of benzene rings is 3. The first kappa shape index (κ1) is 27.7. The van der Waals surface area contributed by atoms with E-state index in [9.17, 15) is 14.4 Å². The third-order valence-corrected chi connectivity index (χ3v) is 5.31. The summed E-state index contributed by atoms with van der Waals surface area (Å²) in [6, 6.07) is 18.4. The van der Waals surface area contributed by atoms with E-state index in [2.05, 4.69) is 15.8 Å². The number of hydrogen-bond acceptors (Lipinski definition) is 8. The second-order valence-corrected chi connectivity index (χ2v) is 7.89. The average molecular weight is 520 g/mol.